The van der Waals surface area contributed by atoms with E-state index in [9.17, 15) is 9.43 Å². The number of hydroxylamine groups is 1. The lowest BCUT2D eigenvalue weighted by molar-refractivity contribution is -0.146. The van der Waals surface area contributed by atoms with Gasteiger partial charge < -0.3 is 0 Å². The number of nitroso groups, excluding NO2 is 1. The van der Waals surface area contributed by atoms with Gasteiger partial charge in [0.05, 0.1) is 12.2 Å². The van der Waals surface area contributed by atoms with Gasteiger partial charge in [-0.25, -0.2) is 5.06 Å². The number of benzene rings is 2. The Kier molecular flexibility index (Phi) is 5.37. The monoisotopic (exact) mass is 392 g/mol. The Morgan fingerprint density at radius 1 is 1.31 bits per heavy atom. The van der Waals surface area contributed by atoms with Crippen LogP contribution in [0.1, 0.15) is 30.5 Å². The summed E-state index contributed by atoms with van der Waals surface area (Å²) in [4.78, 5) is 10.2. The topological polar surface area (TPSA) is 41.9 Å². The van der Waals surface area contributed by atoms with E-state index in [2.05, 4.69) is 29.5 Å². The molecule has 0 fully saturated rings. The number of fused-ring (bicyclic) bond motifs is 1. The van der Waals surface area contributed by atoms with Crippen LogP contribution in [0.4, 0.5) is 10.2 Å². The van der Waals surface area contributed by atoms with Crippen LogP contribution in [0.3, 0.4) is 0 Å². The summed E-state index contributed by atoms with van der Waals surface area (Å²) in [5.41, 5.74) is 5.21. The van der Waals surface area contributed by atoms with Gasteiger partial charge >= 0.3 is 0 Å². The molecule has 0 spiro atoms. The van der Waals surface area contributed by atoms with Gasteiger partial charge in [-0.2, -0.15) is 0 Å². The highest BCUT2D eigenvalue weighted by atomic mass is 35.5. The molecule has 0 unspecified atom stereocenters. The van der Waals surface area contributed by atoms with Gasteiger partial charge in [-0.15, -0.1) is 4.91 Å². The molecule has 0 bridgehead atoms. The number of nitrogens with zero attached hydrogens (tertiary/aromatic N) is 2. The van der Waals surface area contributed by atoms with Crippen LogP contribution in [-0.4, -0.2) is 6.54 Å². The first-order valence-corrected chi connectivity index (χ1v) is 9.25. The molecule has 3 rings (SSSR count). The molecule has 0 amide bonds. The van der Waals surface area contributed by atoms with E-state index in [4.69, 9.17) is 11.6 Å². The molecule has 7 heteroatoms. The minimum Gasteiger partial charge on any atom is -0.217 e. The molecule has 0 aliphatic carbocycles. The summed E-state index contributed by atoms with van der Waals surface area (Å²) in [6.45, 7) is 6.56. The van der Waals surface area contributed by atoms with Gasteiger partial charge in [-0.1, -0.05) is 42.6 Å². The molecule has 2 aromatic rings. The normalized spacial score (nSPS) is 15.5. The molecule has 0 saturated heterocycles. The molecule has 2 aromatic carbocycles. The molecule has 26 heavy (non-hydrogen) atoms. The van der Waals surface area contributed by atoms with Crippen molar-refractivity contribution in [2.45, 2.75) is 26.2 Å². The van der Waals surface area contributed by atoms with Crippen molar-refractivity contribution in [1.82, 2.24) is 0 Å². The van der Waals surface area contributed by atoms with Gasteiger partial charge in [-0.05, 0) is 63.4 Å². The molecule has 0 aromatic heterocycles. The zero-order valence-electron chi connectivity index (χ0n) is 14.6. The number of anilines is 1. The van der Waals surface area contributed by atoms with Crippen LogP contribution in [0.15, 0.2) is 40.3 Å². The third-order valence-electron chi connectivity index (χ3n) is 4.61. The molecule has 136 valence electrons. The Morgan fingerprint density at radius 2 is 2.08 bits per heavy atom. The van der Waals surface area contributed by atoms with Gasteiger partial charge in [0.2, 0.25) is 0 Å². The third-order valence-corrected chi connectivity index (χ3v) is 5.28. The van der Waals surface area contributed by atoms with Gasteiger partial charge in [0.1, 0.15) is 0 Å². The van der Waals surface area contributed by atoms with Crippen molar-refractivity contribution < 1.29 is 9.57 Å². The van der Waals surface area contributed by atoms with E-state index < -0.39 is 0 Å². The minimum atomic E-state index is -0.210. The lowest BCUT2D eigenvalue weighted by Gasteiger charge is -2.18. The smallest absolute Gasteiger partial charge is 0.0714 e. The number of rotatable bonds is 5. The standard InChI is InChI=1S/C19H18ClFN2O2S/c1-12-8-16-18(23(25-21)11-19(16,2)3)10-14(12)15-9-13(4-5-17(15)20)6-7-26-22-24/h4-10H,11H2,1-3H3/b7-6+. The van der Waals surface area contributed by atoms with E-state index in [1.165, 1.54) is 5.06 Å². The number of halogens is 2. The Hall–Kier alpha value is -1.89. The summed E-state index contributed by atoms with van der Waals surface area (Å²) in [6.07, 6.45) is 1.79. The van der Waals surface area contributed by atoms with Crippen molar-refractivity contribution in [2.24, 2.45) is 4.58 Å². The average Bonchev–Trinajstić information content (AvgIpc) is 2.86. The quantitative estimate of drug-likeness (QED) is 0.423. The molecule has 0 N–H and O–H groups in total. The second kappa shape index (κ2) is 7.39. The Morgan fingerprint density at radius 3 is 2.77 bits per heavy atom. The van der Waals surface area contributed by atoms with Gasteiger partial charge in [0.15, 0.2) is 0 Å². The largest absolute Gasteiger partial charge is 0.217 e. The lowest BCUT2D eigenvalue weighted by atomic mass is 9.84. The van der Waals surface area contributed by atoms with Crippen molar-refractivity contribution in [3.8, 4) is 11.1 Å². The first-order valence-electron chi connectivity index (χ1n) is 8.03. The van der Waals surface area contributed by atoms with Crippen LogP contribution >= 0.6 is 23.5 Å². The van der Waals surface area contributed by atoms with E-state index >= 15 is 0 Å². The zero-order valence-corrected chi connectivity index (χ0v) is 16.2. The molecule has 1 heterocycles. The molecule has 0 atom stereocenters. The second-order valence-corrected chi connectivity index (χ2v) is 7.94. The van der Waals surface area contributed by atoms with Crippen LogP contribution < -0.4 is 5.06 Å². The Balaban J connectivity index is 2.11. The third kappa shape index (κ3) is 3.49. The van der Waals surface area contributed by atoms with Crippen LogP contribution in [0.25, 0.3) is 17.2 Å². The highest BCUT2D eigenvalue weighted by Gasteiger charge is 2.37. The van der Waals surface area contributed by atoms with Crippen molar-refractivity contribution in [1.29, 1.82) is 0 Å². The maximum absolute atomic E-state index is 13.0. The highest BCUT2D eigenvalue weighted by molar-refractivity contribution is 8.00. The molecule has 0 radical (unpaired) electrons. The van der Waals surface area contributed by atoms with Crippen LogP contribution in [0.5, 0.6) is 0 Å². The second-order valence-electron chi connectivity index (χ2n) is 6.90. The van der Waals surface area contributed by atoms with Crippen molar-refractivity contribution in [2.75, 3.05) is 11.6 Å². The number of hydrogen-bond acceptors (Lipinski definition) is 5. The lowest BCUT2D eigenvalue weighted by Crippen LogP contribution is -2.26. The summed E-state index contributed by atoms with van der Waals surface area (Å²) in [5.74, 6) is 0. The fourth-order valence-electron chi connectivity index (χ4n) is 3.31. The summed E-state index contributed by atoms with van der Waals surface area (Å²) in [7, 11) is 0. The zero-order chi connectivity index (χ0) is 18.9. The fourth-order valence-corrected chi connectivity index (χ4v) is 3.80. The SMILES string of the molecule is Cc1cc2c(cc1-c1cc(/C=C/SN=O)ccc1Cl)N(OF)CC2(C)C. The molecule has 4 nitrogen and oxygen atoms in total. The molecule has 1 aliphatic rings. The van der Waals surface area contributed by atoms with Crippen molar-refractivity contribution in [3.05, 3.63) is 62.4 Å². The Labute approximate surface area is 160 Å². The maximum Gasteiger partial charge on any atom is 0.0714 e. The van der Waals surface area contributed by atoms with E-state index in [0.29, 0.717) is 17.3 Å². The summed E-state index contributed by atoms with van der Waals surface area (Å²) in [6, 6.07) is 9.57. The Bertz CT molecular complexity index is 886. The highest BCUT2D eigenvalue weighted by Crippen LogP contribution is 2.45. The fraction of sp³-hybridized carbons (Fsp3) is 0.263. The molecular formula is C19H18ClFN2O2S. The maximum atomic E-state index is 13.0. The summed E-state index contributed by atoms with van der Waals surface area (Å²) < 4.78 is 15.8. The van der Waals surface area contributed by atoms with Crippen LogP contribution in [-0.2, 0) is 10.5 Å². The predicted octanol–water partition coefficient (Wildman–Crippen LogP) is 6.61. The van der Waals surface area contributed by atoms with E-state index in [1.807, 2.05) is 25.1 Å². The first-order chi connectivity index (χ1) is 12.4. The van der Waals surface area contributed by atoms with Gasteiger partial charge in [0, 0.05) is 32.5 Å². The number of aryl methyl sites for hydroxylation is 1. The minimum absolute atomic E-state index is 0.210. The first kappa shape index (κ1) is 18.9. The molecular weight excluding hydrogens is 375 g/mol. The van der Waals surface area contributed by atoms with Crippen molar-refractivity contribution in [3.63, 3.8) is 0 Å². The molecule has 0 saturated carbocycles. The average molecular weight is 393 g/mol. The van der Waals surface area contributed by atoms with Gasteiger partial charge in [0.25, 0.3) is 0 Å². The van der Waals surface area contributed by atoms with E-state index in [-0.39, 0.29) is 5.41 Å². The van der Waals surface area contributed by atoms with E-state index in [1.54, 1.807) is 17.6 Å². The summed E-state index contributed by atoms with van der Waals surface area (Å²) >= 11 is 7.25. The van der Waals surface area contributed by atoms with E-state index in [0.717, 1.165) is 39.8 Å². The molecule has 1 aliphatic heterocycles. The van der Waals surface area contributed by atoms with Gasteiger partial charge in [-0.3, -0.25) is 0 Å². The summed E-state index contributed by atoms with van der Waals surface area (Å²) in [5, 5.41) is 7.54. The number of hydrogen-bond donors (Lipinski definition) is 0. The van der Waals surface area contributed by atoms with Crippen LogP contribution in [0.2, 0.25) is 5.02 Å². The van der Waals surface area contributed by atoms with Crippen molar-refractivity contribution >= 4 is 35.3 Å². The predicted molar refractivity (Wildman–Crippen MR) is 107 cm³/mol. The van der Waals surface area contributed by atoms with Crippen LogP contribution in [0, 0.1) is 11.8 Å².